The first-order valence-corrected chi connectivity index (χ1v) is 10.6. The molecule has 0 bridgehead atoms. The fourth-order valence-corrected chi connectivity index (χ4v) is 5.02. The average Bonchev–Trinajstić information content (AvgIpc) is 2.68. The third-order valence-corrected chi connectivity index (χ3v) is 6.80. The van der Waals surface area contributed by atoms with Gasteiger partial charge in [-0.2, -0.15) is 4.31 Å². The largest absolute Gasteiger partial charge is 0.352 e. The maximum absolute atomic E-state index is 13.1. The van der Waals surface area contributed by atoms with Crippen LogP contribution in [0.25, 0.3) is 0 Å². The van der Waals surface area contributed by atoms with Crippen molar-refractivity contribution < 1.29 is 13.2 Å². The summed E-state index contributed by atoms with van der Waals surface area (Å²) in [6.45, 7) is 2.77. The van der Waals surface area contributed by atoms with Crippen molar-refractivity contribution in [2.24, 2.45) is 0 Å². The van der Waals surface area contributed by atoms with Crippen LogP contribution in [0.3, 0.4) is 0 Å². The second-order valence-electron chi connectivity index (χ2n) is 6.92. The molecule has 0 unspecified atom stereocenters. The molecule has 144 valence electrons. The van der Waals surface area contributed by atoms with Gasteiger partial charge in [0.2, 0.25) is 15.9 Å². The van der Waals surface area contributed by atoms with Crippen molar-refractivity contribution in [1.29, 1.82) is 0 Å². The van der Waals surface area contributed by atoms with E-state index in [1.807, 2.05) is 19.1 Å². The van der Waals surface area contributed by atoms with Crippen LogP contribution in [-0.2, 0) is 21.4 Å². The third-order valence-electron chi connectivity index (χ3n) is 4.83. The molecule has 1 aromatic carbocycles. The number of aryl methyl sites for hydroxylation is 1. The van der Waals surface area contributed by atoms with Gasteiger partial charge in [0.05, 0.1) is 4.90 Å². The fraction of sp³-hybridized carbons (Fsp3) is 0.400. The zero-order chi connectivity index (χ0) is 19.3. The van der Waals surface area contributed by atoms with Crippen LogP contribution in [0.15, 0.2) is 53.7 Å². The van der Waals surface area contributed by atoms with Gasteiger partial charge in [-0.15, -0.1) is 0 Å². The molecule has 0 radical (unpaired) electrons. The summed E-state index contributed by atoms with van der Waals surface area (Å²) >= 11 is 0. The second-order valence-corrected chi connectivity index (χ2v) is 8.81. The van der Waals surface area contributed by atoms with Crippen molar-refractivity contribution in [2.45, 2.75) is 50.1 Å². The number of piperidine rings is 1. The molecular formula is C20H25N3O3S. The summed E-state index contributed by atoms with van der Waals surface area (Å²) in [6.07, 6.45) is 6.01. The van der Waals surface area contributed by atoms with E-state index in [-0.39, 0.29) is 23.3 Å². The van der Waals surface area contributed by atoms with E-state index in [9.17, 15) is 13.2 Å². The number of carbonyl (C=O) groups is 1. The zero-order valence-electron chi connectivity index (χ0n) is 15.5. The van der Waals surface area contributed by atoms with Gasteiger partial charge in [-0.25, -0.2) is 8.42 Å². The lowest BCUT2D eigenvalue weighted by Gasteiger charge is -2.34. The van der Waals surface area contributed by atoms with Gasteiger partial charge in [0.1, 0.15) is 0 Å². The lowest BCUT2D eigenvalue weighted by Crippen LogP contribution is -2.45. The van der Waals surface area contributed by atoms with Crippen LogP contribution in [0.1, 0.15) is 36.8 Å². The number of pyridine rings is 1. The Labute approximate surface area is 160 Å². The van der Waals surface area contributed by atoms with Crippen LogP contribution >= 0.6 is 0 Å². The van der Waals surface area contributed by atoms with Crippen LogP contribution in [-0.4, -0.2) is 36.2 Å². The first-order chi connectivity index (χ1) is 13.0. The van der Waals surface area contributed by atoms with Crippen molar-refractivity contribution in [3.63, 3.8) is 0 Å². The molecule has 1 aliphatic rings. The highest BCUT2D eigenvalue weighted by atomic mass is 32.2. The predicted octanol–water partition coefficient (Wildman–Crippen LogP) is 2.64. The minimum absolute atomic E-state index is 0.144. The van der Waals surface area contributed by atoms with Crippen LogP contribution in [0.4, 0.5) is 0 Å². The van der Waals surface area contributed by atoms with Gasteiger partial charge >= 0.3 is 0 Å². The summed E-state index contributed by atoms with van der Waals surface area (Å²) in [5.74, 6) is -0.144. The van der Waals surface area contributed by atoms with E-state index in [0.717, 1.165) is 24.0 Å². The molecule has 1 amide bonds. The number of hydrogen-bond acceptors (Lipinski definition) is 4. The van der Waals surface area contributed by atoms with E-state index in [1.54, 1.807) is 36.7 Å². The van der Waals surface area contributed by atoms with Crippen molar-refractivity contribution in [1.82, 2.24) is 14.6 Å². The molecular weight excluding hydrogens is 362 g/mol. The number of amides is 1. The quantitative estimate of drug-likeness (QED) is 0.826. The van der Waals surface area contributed by atoms with Crippen molar-refractivity contribution in [3.05, 3.63) is 59.9 Å². The van der Waals surface area contributed by atoms with Crippen molar-refractivity contribution in [2.75, 3.05) is 6.54 Å². The molecule has 27 heavy (non-hydrogen) atoms. The van der Waals surface area contributed by atoms with Crippen molar-refractivity contribution in [3.8, 4) is 0 Å². The van der Waals surface area contributed by atoms with Gasteiger partial charge in [-0.05, 0) is 43.5 Å². The highest BCUT2D eigenvalue weighted by molar-refractivity contribution is 7.89. The number of nitrogens with one attached hydrogen (secondary N) is 1. The Morgan fingerprint density at radius 1 is 1.22 bits per heavy atom. The topological polar surface area (TPSA) is 79.4 Å². The van der Waals surface area contributed by atoms with E-state index in [4.69, 9.17) is 0 Å². The minimum atomic E-state index is -3.60. The molecule has 6 nitrogen and oxygen atoms in total. The molecule has 2 heterocycles. The summed E-state index contributed by atoms with van der Waals surface area (Å²) in [5, 5.41) is 2.87. The summed E-state index contributed by atoms with van der Waals surface area (Å²) in [5.41, 5.74) is 1.93. The van der Waals surface area contributed by atoms with Gasteiger partial charge < -0.3 is 5.32 Å². The van der Waals surface area contributed by atoms with E-state index < -0.39 is 10.0 Å². The maximum atomic E-state index is 13.1. The Bertz CT molecular complexity index is 867. The fourth-order valence-electron chi connectivity index (χ4n) is 3.33. The van der Waals surface area contributed by atoms with Gasteiger partial charge in [-0.3, -0.25) is 9.78 Å². The summed E-state index contributed by atoms with van der Waals surface area (Å²) in [7, 11) is -3.60. The van der Waals surface area contributed by atoms with E-state index in [1.165, 1.54) is 4.31 Å². The molecule has 0 spiro atoms. The number of nitrogens with zero attached hydrogens (tertiary/aromatic N) is 2. The maximum Gasteiger partial charge on any atom is 0.243 e. The first kappa shape index (κ1) is 19.5. The van der Waals surface area contributed by atoms with E-state index in [2.05, 4.69) is 10.3 Å². The molecule has 1 saturated heterocycles. The predicted molar refractivity (Wildman–Crippen MR) is 103 cm³/mol. The van der Waals surface area contributed by atoms with Crippen LogP contribution in [0, 0.1) is 6.92 Å². The Morgan fingerprint density at radius 2 is 2.00 bits per heavy atom. The summed E-state index contributed by atoms with van der Waals surface area (Å²) in [6, 6.07) is 10.3. The monoisotopic (exact) mass is 387 g/mol. The van der Waals surface area contributed by atoms with Gasteiger partial charge in [0.15, 0.2) is 0 Å². The minimum Gasteiger partial charge on any atom is -0.352 e. The highest BCUT2D eigenvalue weighted by Crippen LogP contribution is 2.27. The number of aromatic nitrogens is 1. The van der Waals surface area contributed by atoms with Gasteiger partial charge in [0, 0.05) is 37.9 Å². The molecule has 1 aliphatic heterocycles. The van der Waals surface area contributed by atoms with Crippen LogP contribution < -0.4 is 5.32 Å². The number of carbonyl (C=O) groups excluding carboxylic acids is 1. The molecule has 1 N–H and O–H groups in total. The molecule has 0 aliphatic carbocycles. The van der Waals surface area contributed by atoms with Gasteiger partial charge in [0.25, 0.3) is 0 Å². The molecule has 1 atom stereocenters. The Balaban J connectivity index is 1.67. The zero-order valence-corrected chi connectivity index (χ0v) is 16.3. The van der Waals surface area contributed by atoms with Crippen LogP contribution in [0.2, 0.25) is 0 Å². The van der Waals surface area contributed by atoms with Crippen molar-refractivity contribution >= 4 is 15.9 Å². The molecule has 0 saturated carbocycles. The molecule has 3 rings (SSSR count). The van der Waals surface area contributed by atoms with Crippen LogP contribution in [0.5, 0.6) is 0 Å². The molecule has 1 aromatic heterocycles. The molecule has 2 aromatic rings. The normalized spacial score (nSPS) is 18.2. The highest BCUT2D eigenvalue weighted by Gasteiger charge is 2.34. The third kappa shape index (κ3) is 4.93. The first-order valence-electron chi connectivity index (χ1n) is 9.21. The van der Waals surface area contributed by atoms with E-state index >= 15 is 0 Å². The average molecular weight is 388 g/mol. The smallest absolute Gasteiger partial charge is 0.243 e. The lowest BCUT2D eigenvalue weighted by atomic mass is 10.0. The Kier molecular flexibility index (Phi) is 6.23. The number of sulfonamides is 1. The van der Waals surface area contributed by atoms with E-state index in [0.29, 0.717) is 19.5 Å². The Morgan fingerprint density at radius 3 is 2.70 bits per heavy atom. The molecule has 7 heteroatoms. The number of rotatable bonds is 6. The number of benzene rings is 1. The summed E-state index contributed by atoms with van der Waals surface area (Å²) in [4.78, 5) is 16.7. The summed E-state index contributed by atoms with van der Waals surface area (Å²) < 4.78 is 27.6. The second kappa shape index (κ2) is 8.63. The van der Waals surface area contributed by atoms with Gasteiger partial charge in [-0.1, -0.05) is 30.2 Å². The number of hydrogen-bond donors (Lipinski definition) is 1. The lowest BCUT2D eigenvalue weighted by molar-refractivity contribution is -0.122. The SMILES string of the molecule is Cc1ccc(S(=O)(=O)N2CCCC[C@H]2CC(=O)NCc2cccnc2)cc1. The Hall–Kier alpha value is -2.25. The molecule has 1 fully saturated rings. The standard InChI is InChI=1S/C20H25N3O3S/c1-16-7-9-19(10-8-16)27(25,26)23-12-3-2-6-18(23)13-20(24)22-15-17-5-4-11-21-14-17/h4-5,7-11,14,18H,2-3,6,12-13,15H2,1H3,(H,22,24)/t18-/m0/s1.